The second-order valence-corrected chi connectivity index (χ2v) is 24.0. The van der Waals surface area contributed by atoms with E-state index in [0.29, 0.717) is 43.9 Å². The van der Waals surface area contributed by atoms with E-state index in [4.69, 9.17) is 9.47 Å². The molecule has 7 heteroatoms. The van der Waals surface area contributed by atoms with Gasteiger partial charge in [0.25, 0.3) is 0 Å². The molecule has 0 amide bonds. The van der Waals surface area contributed by atoms with Crippen LogP contribution in [0.4, 0.5) is 0 Å². The highest BCUT2D eigenvalue weighted by molar-refractivity contribution is 5.69. The molecule has 7 nitrogen and oxygen atoms in total. The van der Waals surface area contributed by atoms with Gasteiger partial charge in [0, 0.05) is 38.2 Å². The van der Waals surface area contributed by atoms with Crippen LogP contribution >= 0.6 is 0 Å². The first-order chi connectivity index (χ1) is 36.9. The molecule has 0 aromatic carbocycles. The molecule has 0 spiro atoms. The van der Waals surface area contributed by atoms with Crippen molar-refractivity contribution in [3.05, 3.63) is 18.2 Å². The number of unbranched alkanes of at least 4 members (excludes halogenated alkanes) is 33. The van der Waals surface area contributed by atoms with Crippen LogP contribution in [0.25, 0.3) is 0 Å². The summed E-state index contributed by atoms with van der Waals surface area (Å²) in [5.74, 6) is 1.15. The van der Waals surface area contributed by atoms with Gasteiger partial charge in [-0.15, -0.1) is 0 Å². The average molecular weight is 1050 g/mol. The Bertz CT molecular complexity index is 1330. The summed E-state index contributed by atoms with van der Waals surface area (Å²) in [5.41, 5.74) is 1.11. The number of esters is 2. The Morgan fingerprint density at radius 1 is 0.413 bits per heavy atom. The van der Waals surface area contributed by atoms with Crippen LogP contribution in [-0.4, -0.2) is 58.7 Å². The van der Waals surface area contributed by atoms with Gasteiger partial charge in [-0.05, 0) is 89.5 Å². The highest BCUT2D eigenvalue weighted by Crippen LogP contribution is 2.24. The van der Waals surface area contributed by atoms with Crippen LogP contribution in [0, 0.1) is 18.8 Å². The van der Waals surface area contributed by atoms with Crippen molar-refractivity contribution in [2.24, 2.45) is 11.8 Å². The minimum absolute atomic E-state index is 0.0319. The second-order valence-electron chi connectivity index (χ2n) is 24.0. The number of carbonyl (C=O) groups excluding carboxylic acids is 2. The summed E-state index contributed by atoms with van der Waals surface area (Å²) >= 11 is 0. The van der Waals surface area contributed by atoms with Crippen molar-refractivity contribution in [2.45, 2.75) is 369 Å². The number of nitrogens with zero attached hydrogens (tertiary/aromatic N) is 3. The molecule has 0 fully saturated rings. The summed E-state index contributed by atoms with van der Waals surface area (Å²) < 4.78 is 14.1. The van der Waals surface area contributed by atoms with Gasteiger partial charge in [-0.2, -0.15) is 0 Å². The fourth-order valence-electron chi connectivity index (χ4n) is 11.5. The van der Waals surface area contributed by atoms with E-state index >= 15 is 0 Å². The molecule has 0 bridgehead atoms. The summed E-state index contributed by atoms with van der Waals surface area (Å²) in [5, 5.41) is 0. The van der Waals surface area contributed by atoms with Gasteiger partial charge in [-0.25, -0.2) is 4.98 Å². The quantitative estimate of drug-likeness (QED) is 0.0478. The standard InChI is InChI=1S/C68H131N3O4/c1-7-12-17-22-25-32-41-51-65(49-39-21-16-11-5)61-75-68(73)55-45-36-29-27-34-43-53-66(71(57-46-37-30-23-18-13-8-2)58-47-56-70-59-63(6)69-62-70)52-42-33-26-28-35-44-54-67(72)74-60-64(48-38-20-15-10-4)50-40-31-24-19-14-9-3/h59,62,64-66H,7-58,60-61H2,1-6H3/t64?,65-,66?/m1/s1. The number of aromatic nitrogens is 2. The molecule has 442 valence electrons. The van der Waals surface area contributed by atoms with Gasteiger partial charge in [0.1, 0.15) is 0 Å². The van der Waals surface area contributed by atoms with E-state index in [0.717, 1.165) is 37.9 Å². The normalized spacial score (nSPS) is 12.9. The Kier molecular flexibility index (Phi) is 52.6. The van der Waals surface area contributed by atoms with Gasteiger partial charge in [-0.1, -0.05) is 272 Å². The van der Waals surface area contributed by atoms with Crippen molar-refractivity contribution in [3.63, 3.8) is 0 Å². The fourth-order valence-corrected chi connectivity index (χ4v) is 11.5. The van der Waals surface area contributed by atoms with E-state index in [2.05, 4.69) is 62.2 Å². The van der Waals surface area contributed by atoms with Gasteiger partial charge in [0.15, 0.2) is 0 Å². The molecule has 0 aliphatic rings. The Morgan fingerprint density at radius 2 is 0.720 bits per heavy atom. The molecule has 0 aliphatic heterocycles. The van der Waals surface area contributed by atoms with Crippen molar-refractivity contribution < 1.29 is 19.1 Å². The van der Waals surface area contributed by atoms with Gasteiger partial charge < -0.3 is 18.9 Å². The van der Waals surface area contributed by atoms with Crippen molar-refractivity contribution >= 4 is 11.9 Å². The van der Waals surface area contributed by atoms with E-state index in [9.17, 15) is 9.59 Å². The molecule has 0 saturated carbocycles. The highest BCUT2D eigenvalue weighted by atomic mass is 16.5. The van der Waals surface area contributed by atoms with Crippen LogP contribution in [0.3, 0.4) is 0 Å². The van der Waals surface area contributed by atoms with Gasteiger partial charge in [0.05, 0.1) is 25.2 Å². The number of carbonyl (C=O) groups is 2. The molecule has 1 aromatic heterocycles. The zero-order chi connectivity index (χ0) is 54.3. The lowest BCUT2D eigenvalue weighted by atomic mass is 9.95. The first-order valence-electron chi connectivity index (χ1n) is 33.9. The molecule has 75 heavy (non-hydrogen) atoms. The molecule has 0 aliphatic carbocycles. The van der Waals surface area contributed by atoms with Crippen molar-refractivity contribution in [1.29, 1.82) is 0 Å². The van der Waals surface area contributed by atoms with Gasteiger partial charge >= 0.3 is 11.9 Å². The number of imidazole rings is 1. The number of hydrogen-bond acceptors (Lipinski definition) is 6. The lowest BCUT2D eigenvalue weighted by molar-refractivity contribution is -0.146. The molecule has 1 rings (SSSR count). The van der Waals surface area contributed by atoms with Gasteiger partial charge in [-0.3, -0.25) is 9.59 Å². The Hall–Kier alpha value is -1.89. The van der Waals surface area contributed by atoms with E-state index in [1.54, 1.807) is 0 Å². The Balaban J connectivity index is 2.63. The SMILES string of the molecule is CCCCCCCCC[C@@H](CCCCCC)COC(=O)CCCCCCCCC(CCCCCCCCC(=O)OCC(CCCCCC)CCCCCCCC)N(CCCCCCCCC)CCCn1cnc(C)c1. The van der Waals surface area contributed by atoms with Gasteiger partial charge in [0.2, 0.25) is 0 Å². The Morgan fingerprint density at radius 3 is 1.08 bits per heavy atom. The lowest BCUT2D eigenvalue weighted by Crippen LogP contribution is -2.37. The predicted molar refractivity (Wildman–Crippen MR) is 326 cm³/mol. The summed E-state index contributed by atoms with van der Waals surface area (Å²) in [6, 6.07) is 0.650. The molecule has 1 aromatic rings. The smallest absolute Gasteiger partial charge is 0.305 e. The maximum absolute atomic E-state index is 12.9. The number of ether oxygens (including phenoxy) is 2. The zero-order valence-electron chi connectivity index (χ0n) is 51.5. The molecule has 0 N–H and O–H groups in total. The van der Waals surface area contributed by atoms with E-state index in [1.165, 1.54) is 289 Å². The van der Waals surface area contributed by atoms with Crippen LogP contribution in [0.15, 0.2) is 12.5 Å². The molecule has 1 heterocycles. The lowest BCUT2D eigenvalue weighted by Gasteiger charge is -2.32. The third-order valence-corrected chi connectivity index (χ3v) is 16.6. The molecular formula is C68H131N3O4. The minimum Gasteiger partial charge on any atom is -0.465 e. The number of rotatable bonds is 60. The monoisotopic (exact) mass is 1050 g/mol. The maximum atomic E-state index is 12.9. The summed E-state index contributed by atoms with van der Waals surface area (Å²) in [6.07, 6.45) is 65.6. The van der Waals surface area contributed by atoms with Crippen molar-refractivity contribution in [1.82, 2.24) is 14.5 Å². The molecule has 0 saturated heterocycles. The molecule has 2 unspecified atom stereocenters. The maximum Gasteiger partial charge on any atom is 0.305 e. The highest BCUT2D eigenvalue weighted by Gasteiger charge is 2.19. The molecular weight excluding hydrogens is 923 g/mol. The summed E-state index contributed by atoms with van der Waals surface area (Å²) in [7, 11) is 0. The van der Waals surface area contributed by atoms with Crippen molar-refractivity contribution in [2.75, 3.05) is 26.3 Å². The van der Waals surface area contributed by atoms with E-state index in [-0.39, 0.29) is 11.9 Å². The topological polar surface area (TPSA) is 73.7 Å². The third-order valence-electron chi connectivity index (χ3n) is 16.6. The zero-order valence-corrected chi connectivity index (χ0v) is 51.5. The van der Waals surface area contributed by atoms with Crippen LogP contribution in [0.1, 0.15) is 355 Å². The first-order valence-corrected chi connectivity index (χ1v) is 33.9. The molecule has 3 atom stereocenters. The van der Waals surface area contributed by atoms with Crippen LogP contribution < -0.4 is 0 Å². The summed E-state index contributed by atoms with van der Waals surface area (Å²) in [6.45, 7) is 18.3. The number of aryl methyl sites for hydroxylation is 2. The van der Waals surface area contributed by atoms with E-state index < -0.39 is 0 Å². The first kappa shape index (κ1) is 71.1. The largest absolute Gasteiger partial charge is 0.465 e. The van der Waals surface area contributed by atoms with E-state index in [1.807, 2.05) is 6.33 Å². The van der Waals surface area contributed by atoms with Crippen LogP contribution in [0.5, 0.6) is 0 Å². The predicted octanol–water partition coefficient (Wildman–Crippen LogP) is 21.4. The van der Waals surface area contributed by atoms with Crippen LogP contribution in [-0.2, 0) is 25.6 Å². The third kappa shape index (κ3) is 46.7. The fraction of sp³-hybridized carbons (Fsp3) is 0.926. The number of hydrogen-bond donors (Lipinski definition) is 0. The van der Waals surface area contributed by atoms with Crippen molar-refractivity contribution in [3.8, 4) is 0 Å². The second kappa shape index (κ2) is 55.4. The van der Waals surface area contributed by atoms with Crippen LogP contribution in [0.2, 0.25) is 0 Å². The summed E-state index contributed by atoms with van der Waals surface area (Å²) in [4.78, 5) is 33.1. The average Bonchev–Trinajstić information content (AvgIpc) is 3.83. The minimum atomic E-state index is 0.0319. The molecule has 0 radical (unpaired) electrons. The Labute approximate surface area is 468 Å².